The van der Waals surface area contributed by atoms with Crippen molar-refractivity contribution in [2.45, 2.75) is 63.6 Å². The molecule has 8 heteroatoms. The predicted octanol–water partition coefficient (Wildman–Crippen LogP) is 3.41. The highest BCUT2D eigenvalue weighted by Crippen LogP contribution is 2.38. The Labute approximate surface area is 158 Å². The first kappa shape index (κ1) is 17.7. The van der Waals surface area contributed by atoms with Gasteiger partial charge in [0, 0.05) is 30.6 Å². The summed E-state index contributed by atoms with van der Waals surface area (Å²) in [6, 6.07) is 0.102. The van der Waals surface area contributed by atoms with Crippen molar-refractivity contribution in [3.05, 3.63) is 23.9 Å². The van der Waals surface area contributed by atoms with Crippen LogP contribution in [0.2, 0.25) is 5.28 Å². The Hall–Kier alpha value is -1.70. The molecule has 2 aromatic rings. The van der Waals surface area contributed by atoms with Crippen molar-refractivity contribution >= 4 is 17.4 Å². The largest absolute Gasteiger partial charge is 0.364 e. The number of nitrogens with one attached hydrogen (secondary N) is 1. The average Bonchev–Trinajstić information content (AvgIpc) is 3.08. The van der Waals surface area contributed by atoms with E-state index in [4.69, 9.17) is 21.1 Å². The SMILES string of the molecule is Cn1cc(-c2cnc(Cl)nc2N[C@H]2CCCC[C@H]3OC(C)(C)O[C@@H]23)cn1. The molecule has 1 N–H and O–H groups in total. The number of nitrogens with zero attached hydrogens (tertiary/aromatic N) is 4. The average molecular weight is 378 g/mol. The van der Waals surface area contributed by atoms with E-state index < -0.39 is 5.79 Å². The van der Waals surface area contributed by atoms with Crippen molar-refractivity contribution in [1.29, 1.82) is 0 Å². The van der Waals surface area contributed by atoms with E-state index in [1.165, 1.54) is 0 Å². The van der Waals surface area contributed by atoms with Gasteiger partial charge in [0.2, 0.25) is 5.28 Å². The summed E-state index contributed by atoms with van der Waals surface area (Å²) < 4.78 is 14.1. The molecule has 1 saturated heterocycles. The Morgan fingerprint density at radius 2 is 2.04 bits per heavy atom. The molecule has 2 aliphatic rings. The Kier molecular flexibility index (Phi) is 4.62. The highest BCUT2D eigenvalue weighted by Gasteiger charge is 2.45. The van der Waals surface area contributed by atoms with Crippen LogP contribution in [0.1, 0.15) is 39.5 Å². The zero-order valence-corrected chi connectivity index (χ0v) is 16.0. The number of hydrogen-bond acceptors (Lipinski definition) is 6. The molecule has 0 unspecified atom stereocenters. The van der Waals surface area contributed by atoms with Crippen molar-refractivity contribution in [2.24, 2.45) is 7.05 Å². The van der Waals surface area contributed by atoms with Gasteiger partial charge >= 0.3 is 0 Å². The van der Waals surface area contributed by atoms with Crippen LogP contribution in [0.25, 0.3) is 11.1 Å². The van der Waals surface area contributed by atoms with Crippen LogP contribution in [-0.2, 0) is 16.5 Å². The van der Waals surface area contributed by atoms with Crippen molar-refractivity contribution in [3.8, 4) is 11.1 Å². The Bertz CT molecular complexity index is 794. The molecule has 26 heavy (non-hydrogen) atoms. The zero-order valence-electron chi connectivity index (χ0n) is 15.3. The molecular formula is C18H24ClN5O2. The van der Waals surface area contributed by atoms with E-state index in [1.54, 1.807) is 17.1 Å². The molecule has 140 valence electrons. The first-order valence-corrected chi connectivity index (χ1v) is 9.43. The summed E-state index contributed by atoms with van der Waals surface area (Å²) >= 11 is 6.08. The second-order valence-electron chi connectivity index (χ2n) is 7.48. The Morgan fingerprint density at radius 1 is 1.23 bits per heavy atom. The number of aryl methyl sites for hydroxylation is 1. The molecule has 0 radical (unpaired) electrons. The topological polar surface area (TPSA) is 74.1 Å². The molecule has 1 aliphatic heterocycles. The maximum Gasteiger partial charge on any atom is 0.224 e. The lowest BCUT2D eigenvalue weighted by molar-refractivity contribution is -0.148. The molecule has 0 amide bonds. The van der Waals surface area contributed by atoms with Crippen LogP contribution in [0.15, 0.2) is 18.6 Å². The highest BCUT2D eigenvalue weighted by molar-refractivity contribution is 6.28. The quantitative estimate of drug-likeness (QED) is 0.826. The van der Waals surface area contributed by atoms with Crippen LogP contribution >= 0.6 is 11.6 Å². The minimum Gasteiger partial charge on any atom is -0.364 e. The molecule has 0 aromatic carbocycles. The van der Waals surface area contributed by atoms with Gasteiger partial charge in [-0.05, 0) is 38.3 Å². The molecule has 1 saturated carbocycles. The van der Waals surface area contributed by atoms with Crippen LogP contribution < -0.4 is 5.32 Å². The van der Waals surface area contributed by atoms with E-state index in [-0.39, 0.29) is 23.5 Å². The summed E-state index contributed by atoms with van der Waals surface area (Å²) in [7, 11) is 1.88. The number of ether oxygens (including phenoxy) is 2. The fourth-order valence-corrected chi connectivity index (χ4v) is 4.01. The van der Waals surface area contributed by atoms with Gasteiger partial charge in [-0.25, -0.2) is 9.97 Å². The van der Waals surface area contributed by atoms with Crippen molar-refractivity contribution in [1.82, 2.24) is 19.7 Å². The van der Waals surface area contributed by atoms with E-state index in [1.807, 2.05) is 27.1 Å². The maximum absolute atomic E-state index is 6.22. The minimum absolute atomic E-state index is 0.0111. The van der Waals surface area contributed by atoms with Gasteiger partial charge in [0.15, 0.2) is 5.79 Å². The van der Waals surface area contributed by atoms with Gasteiger partial charge in [-0.1, -0.05) is 12.8 Å². The van der Waals surface area contributed by atoms with Crippen LogP contribution in [0.4, 0.5) is 5.82 Å². The van der Waals surface area contributed by atoms with Gasteiger partial charge in [0.05, 0.1) is 18.3 Å². The second-order valence-corrected chi connectivity index (χ2v) is 7.82. The summed E-state index contributed by atoms with van der Waals surface area (Å²) in [6.45, 7) is 3.95. The lowest BCUT2D eigenvalue weighted by atomic mass is 10.0. The van der Waals surface area contributed by atoms with Crippen LogP contribution in [-0.4, -0.2) is 43.8 Å². The fourth-order valence-electron chi connectivity index (χ4n) is 3.87. The molecule has 4 rings (SSSR count). The van der Waals surface area contributed by atoms with Crippen molar-refractivity contribution < 1.29 is 9.47 Å². The summed E-state index contributed by atoms with van der Waals surface area (Å²) in [6.07, 6.45) is 9.84. The zero-order chi connectivity index (χ0) is 18.3. The molecule has 0 spiro atoms. The normalized spacial score (nSPS) is 27.8. The summed E-state index contributed by atoms with van der Waals surface area (Å²) in [4.78, 5) is 8.59. The number of hydrogen-bond donors (Lipinski definition) is 1. The van der Waals surface area contributed by atoms with Crippen molar-refractivity contribution in [3.63, 3.8) is 0 Å². The molecule has 2 fully saturated rings. The molecule has 3 heterocycles. The summed E-state index contributed by atoms with van der Waals surface area (Å²) in [5.74, 6) is 0.152. The molecule has 2 aromatic heterocycles. The standard InChI is InChI=1S/C18H24ClN5O2/c1-18(2)25-14-7-5-4-6-13(15(14)26-18)22-16-12(9-20-17(19)23-16)11-8-21-24(3)10-11/h8-10,13-15H,4-7H2,1-3H3,(H,20,22,23)/t13-,14+,15-/m0/s1. The van der Waals surface area contributed by atoms with E-state index in [9.17, 15) is 0 Å². The Balaban J connectivity index is 1.64. The van der Waals surface area contributed by atoms with E-state index in [0.717, 1.165) is 36.8 Å². The van der Waals surface area contributed by atoms with Gasteiger partial charge < -0.3 is 14.8 Å². The van der Waals surface area contributed by atoms with Gasteiger partial charge in [-0.3, -0.25) is 4.68 Å². The third kappa shape index (κ3) is 3.56. The summed E-state index contributed by atoms with van der Waals surface area (Å²) in [5.41, 5.74) is 1.82. The highest BCUT2D eigenvalue weighted by atomic mass is 35.5. The molecule has 1 aliphatic carbocycles. The smallest absolute Gasteiger partial charge is 0.224 e. The van der Waals surface area contributed by atoms with Crippen LogP contribution in [0, 0.1) is 0 Å². The fraction of sp³-hybridized carbons (Fsp3) is 0.611. The van der Waals surface area contributed by atoms with Gasteiger partial charge in [0.1, 0.15) is 11.9 Å². The predicted molar refractivity (Wildman–Crippen MR) is 98.9 cm³/mol. The maximum atomic E-state index is 6.22. The van der Waals surface area contributed by atoms with Crippen LogP contribution in [0.3, 0.4) is 0 Å². The third-order valence-electron chi connectivity index (χ3n) is 4.97. The molecular weight excluding hydrogens is 354 g/mol. The first-order valence-electron chi connectivity index (χ1n) is 9.05. The molecule has 3 atom stereocenters. The van der Waals surface area contributed by atoms with Crippen LogP contribution in [0.5, 0.6) is 0 Å². The Morgan fingerprint density at radius 3 is 2.81 bits per heavy atom. The lowest BCUT2D eigenvalue weighted by Crippen LogP contribution is -2.39. The number of fused-ring (bicyclic) bond motifs is 1. The lowest BCUT2D eigenvalue weighted by Gasteiger charge is -2.26. The molecule has 0 bridgehead atoms. The third-order valence-corrected chi connectivity index (χ3v) is 5.15. The first-order chi connectivity index (χ1) is 12.4. The van der Waals surface area contributed by atoms with Gasteiger partial charge in [-0.15, -0.1) is 0 Å². The molecule has 7 nitrogen and oxygen atoms in total. The van der Waals surface area contributed by atoms with E-state index >= 15 is 0 Å². The van der Waals surface area contributed by atoms with Gasteiger partial charge in [0.25, 0.3) is 0 Å². The minimum atomic E-state index is -0.553. The van der Waals surface area contributed by atoms with Crippen molar-refractivity contribution in [2.75, 3.05) is 5.32 Å². The summed E-state index contributed by atoms with van der Waals surface area (Å²) in [5, 5.41) is 8.03. The van der Waals surface area contributed by atoms with E-state index in [0.29, 0.717) is 5.82 Å². The number of anilines is 1. The number of aromatic nitrogens is 4. The number of halogens is 1. The second kappa shape index (κ2) is 6.79. The monoisotopic (exact) mass is 377 g/mol. The van der Waals surface area contributed by atoms with E-state index in [2.05, 4.69) is 20.4 Å². The van der Waals surface area contributed by atoms with Gasteiger partial charge in [-0.2, -0.15) is 5.10 Å². The number of rotatable bonds is 3.